The maximum Gasteiger partial charge on any atom is 0.253 e. The normalized spacial score (nSPS) is 17.0. The van der Waals surface area contributed by atoms with E-state index in [0.29, 0.717) is 18.1 Å². The van der Waals surface area contributed by atoms with Crippen molar-refractivity contribution in [2.24, 2.45) is 0 Å². The van der Waals surface area contributed by atoms with Gasteiger partial charge in [0.1, 0.15) is 18.0 Å². The standard InChI is InChI=1S/C15H14FN3O4S/c1-2-23-13-6-3-9(7-17-13)10-4-5-11(20)15(14(10)16)19-8-12(21)18-24(19)22/h3-7,20H,2,8H2,1H3,(H,18,21). The van der Waals surface area contributed by atoms with Gasteiger partial charge in [-0.3, -0.25) is 13.8 Å². The van der Waals surface area contributed by atoms with E-state index >= 15 is 0 Å². The van der Waals surface area contributed by atoms with Crippen molar-refractivity contribution >= 4 is 22.8 Å². The van der Waals surface area contributed by atoms with E-state index in [1.807, 2.05) is 6.92 Å². The molecule has 1 unspecified atom stereocenters. The van der Waals surface area contributed by atoms with E-state index in [9.17, 15) is 18.5 Å². The fourth-order valence-electron chi connectivity index (χ4n) is 2.32. The number of ether oxygens (including phenoxy) is 1. The van der Waals surface area contributed by atoms with Crippen LogP contribution in [0.1, 0.15) is 6.92 Å². The van der Waals surface area contributed by atoms with E-state index in [1.165, 1.54) is 18.3 Å². The predicted molar refractivity (Wildman–Crippen MR) is 86.1 cm³/mol. The summed E-state index contributed by atoms with van der Waals surface area (Å²) in [6.45, 7) is 1.99. The number of aromatic nitrogens is 1. The van der Waals surface area contributed by atoms with E-state index in [0.717, 1.165) is 4.31 Å². The number of halogens is 1. The van der Waals surface area contributed by atoms with Crippen LogP contribution in [-0.2, 0) is 16.0 Å². The summed E-state index contributed by atoms with van der Waals surface area (Å²) in [5.74, 6) is -1.29. The largest absolute Gasteiger partial charge is 0.506 e. The summed E-state index contributed by atoms with van der Waals surface area (Å²) in [6, 6.07) is 5.90. The van der Waals surface area contributed by atoms with Crippen molar-refractivity contribution in [1.82, 2.24) is 9.71 Å². The van der Waals surface area contributed by atoms with E-state index < -0.39 is 28.6 Å². The molecular formula is C15H14FN3O4S. The van der Waals surface area contributed by atoms with Gasteiger partial charge in [-0.1, -0.05) is 0 Å². The minimum atomic E-state index is -1.94. The molecule has 2 heterocycles. The molecule has 1 fully saturated rings. The van der Waals surface area contributed by atoms with Gasteiger partial charge < -0.3 is 9.84 Å². The fourth-order valence-corrected chi connectivity index (χ4v) is 3.27. The first kappa shape index (κ1) is 16.2. The number of nitrogens with one attached hydrogen (secondary N) is 1. The summed E-state index contributed by atoms with van der Waals surface area (Å²) in [7, 11) is 0. The van der Waals surface area contributed by atoms with Gasteiger partial charge in [-0.25, -0.2) is 13.6 Å². The van der Waals surface area contributed by atoms with E-state index in [4.69, 9.17) is 4.74 Å². The molecule has 1 aliphatic rings. The van der Waals surface area contributed by atoms with Gasteiger partial charge in [0.25, 0.3) is 5.91 Å². The number of hydrogen-bond donors (Lipinski definition) is 2. The van der Waals surface area contributed by atoms with E-state index in [-0.39, 0.29) is 17.8 Å². The van der Waals surface area contributed by atoms with Crippen molar-refractivity contribution in [2.75, 3.05) is 17.5 Å². The van der Waals surface area contributed by atoms with Crippen molar-refractivity contribution in [3.05, 3.63) is 36.3 Å². The van der Waals surface area contributed by atoms with E-state index in [2.05, 4.69) is 9.71 Å². The summed E-state index contributed by atoms with van der Waals surface area (Å²) in [4.78, 5) is 15.4. The van der Waals surface area contributed by atoms with Crippen LogP contribution < -0.4 is 13.8 Å². The number of amides is 1. The average molecular weight is 351 g/mol. The van der Waals surface area contributed by atoms with Gasteiger partial charge in [0.15, 0.2) is 5.82 Å². The topological polar surface area (TPSA) is 91.8 Å². The zero-order valence-corrected chi connectivity index (χ0v) is 13.5. The van der Waals surface area contributed by atoms with Gasteiger partial charge in [0, 0.05) is 23.4 Å². The molecule has 1 aliphatic heterocycles. The van der Waals surface area contributed by atoms with Gasteiger partial charge in [-0.05, 0) is 25.1 Å². The number of carbonyl (C=O) groups is 1. The van der Waals surface area contributed by atoms with Crippen LogP contribution in [0, 0.1) is 5.82 Å². The molecule has 9 heteroatoms. The van der Waals surface area contributed by atoms with Crippen LogP contribution in [0.2, 0.25) is 0 Å². The molecule has 1 amide bonds. The molecular weight excluding hydrogens is 337 g/mol. The Bertz CT molecular complexity index is 813. The predicted octanol–water partition coefficient (Wildman–Crippen LogP) is 1.51. The molecule has 24 heavy (non-hydrogen) atoms. The summed E-state index contributed by atoms with van der Waals surface area (Å²) in [6.07, 6.45) is 1.44. The zero-order chi connectivity index (χ0) is 17.3. The third-order valence-electron chi connectivity index (χ3n) is 3.37. The number of pyridine rings is 1. The first-order valence-electron chi connectivity index (χ1n) is 7.11. The second-order valence-corrected chi connectivity index (χ2v) is 6.07. The Morgan fingerprint density at radius 3 is 2.79 bits per heavy atom. The number of aromatic hydroxyl groups is 1. The zero-order valence-electron chi connectivity index (χ0n) is 12.7. The Morgan fingerprint density at radius 2 is 2.21 bits per heavy atom. The number of benzene rings is 1. The third-order valence-corrected chi connectivity index (χ3v) is 4.49. The molecule has 126 valence electrons. The lowest BCUT2D eigenvalue weighted by Gasteiger charge is -2.18. The highest BCUT2D eigenvalue weighted by Gasteiger charge is 2.32. The van der Waals surface area contributed by atoms with Crippen LogP contribution in [0.25, 0.3) is 11.1 Å². The van der Waals surface area contributed by atoms with Crippen LogP contribution in [0.4, 0.5) is 10.1 Å². The van der Waals surface area contributed by atoms with Crippen molar-refractivity contribution in [1.29, 1.82) is 0 Å². The SMILES string of the molecule is CCOc1ccc(-c2ccc(O)c(N3CC(=O)NS3=O)c2F)cn1. The Kier molecular flexibility index (Phi) is 4.34. The molecule has 2 N–H and O–H groups in total. The van der Waals surface area contributed by atoms with Crippen LogP contribution in [0.3, 0.4) is 0 Å². The number of anilines is 1. The molecule has 1 aromatic heterocycles. The lowest BCUT2D eigenvalue weighted by molar-refractivity contribution is -0.117. The molecule has 0 spiro atoms. The summed E-state index contributed by atoms with van der Waals surface area (Å²) in [5, 5.41) is 9.95. The highest BCUT2D eigenvalue weighted by atomic mass is 32.2. The Morgan fingerprint density at radius 1 is 1.42 bits per heavy atom. The first-order valence-corrected chi connectivity index (χ1v) is 8.21. The Labute approximate surface area is 139 Å². The van der Waals surface area contributed by atoms with Gasteiger partial charge in [-0.2, -0.15) is 0 Å². The maximum atomic E-state index is 14.9. The van der Waals surface area contributed by atoms with Crippen LogP contribution in [0.15, 0.2) is 30.5 Å². The van der Waals surface area contributed by atoms with Crippen molar-refractivity contribution in [3.8, 4) is 22.8 Å². The lowest BCUT2D eigenvalue weighted by atomic mass is 10.1. The number of carbonyl (C=O) groups excluding carboxylic acids is 1. The maximum absolute atomic E-state index is 14.9. The van der Waals surface area contributed by atoms with Gasteiger partial charge >= 0.3 is 0 Å². The Hall–Kier alpha value is -2.68. The lowest BCUT2D eigenvalue weighted by Crippen LogP contribution is -2.23. The highest BCUT2D eigenvalue weighted by Crippen LogP contribution is 2.38. The van der Waals surface area contributed by atoms with Gasteiger partial charge in [0.05, 0.1) is 6.61 Å². The number of hydrogen-bond acceptors (Lipinski definition) is 5. The van der Waals surface area contributed by atoms with Gasteiger partial charge in [-0.15, -0.1) is 0 Å². The third kappa shape index (κ3) is 2.90. The quantitative estimate of drug-likeness (QED) is 0.871. The smallest absolute Gasteiger partial charge is 0.253 e. The molecule has 0 saturated carbocycles. The van der Waals surface area contributed by atoms with Gasteiger partial charge in [0.2, 0.25) is 17.1 Å². The van der Waals surface area contributed by atoms with Crippen molar-refractivity contribution in [3.63, 3.8) is 0 Å². The van der Waals surface area contributed by atoms with Crippen LogP contribution in [0.5, 0.6) is 11.6 Å². The fraction of sp³-hybridized carbons (Fsp3) is 0.200. The summed E-state index contributed by atoms with van der Waals surface area (Å²) < 4.78 is 35.1. The Balaban J connectivity index is 2.03. The molecule has 1 saturated heterocycles. The molecule has 1 atom stereocenters. The minimum Gasteiger partial charge on any atom is -0.506 e. The second kappa shape index (κ2) is 6.44. The summed E-state index contributed by atoms with van der Waals surface area (Å²) >= 11 is -1.94. The highest BCUT2D eigenvalue weighted by molar-refractivity contribution is 7.85. The molecule has 1 aromatic carbocycles. The number of phenols is 1. The van der Waals surface area contributed by atoms with Crippen LogP contribution >= 0.6 is 0 Å². The summed E-state index contributed by atoms with van der Waals surface area (Å²) in [5.41, 5.74) is 0.328. The minimum absolute atomic E-state index is 0.162. The van der Waals surface area contributed by atoms with E-state index in [1.54, 1.807) is 12.1 Å². The molecule has 2 aromatic rings. The molecule has 3 rings (SSSR count). The van der Waals surface area contributed by atoms with Crippen molar-refractivity contribution in [2.45, 2.75) is 6.92 Å². The molecule has 0 radical (unpaired) electrons. The van der Waals surface area contributed by atoms with Crippen LogP contribution in [-0.4, -0.2) is 33.4 Å². The second-order valence-electron chi connectivity index (χ2n) is 4.92. The average Bonchev–Trinajstić information content (AvgIpc) is 2.87. The molecule has 0 aliphatic carbocycles. The molecule has 7 nitrogen and oxygen atoms in total. The first-order chi connectivity index (χ1) is 11.5. The monoisotopic (exact) mass is 351 g/mol. The number of nitrogens with zero attached hydrogens (tertiary/aromatic N) is 2. The number of rotatable bonds is 4. The number of phenolic OH excluding ortho intramolecular Hbond substituents is 1. The molecule has 0 bridgehead atoms. The van der Waals surface area contributed by atoms with Crippen molar-refractivity contribution < 1.29 is 23.2 Å².